The molecule has 1 aliphatic heterocycles. The second-order valence-electron chi connectivity index (χ2n) is 11.6. The highest BCUT2D eigenvalue weighted by molar-refractivity contribution is 6.04. The van der Waals surface area contributed by atoms with Crippen molar-refractivity contribution in [3.8, 4) is 0 Å². The summed E-state index contributed by atoms with van der Waals surface area (Å²) in [6, 6.07) is 8.67. The molecule has 0 bridgehead atoms. The van der Waals surface area contributed by atoms with Crippen molar-refractivity contribution in [2.24, 2.45) is 0 Å². The molecule has 1 saturated heterocycles. The molecule has 3 aliphatic rings. The fraction of sp³-hybridized carbons (Fsp3) is 0.500. The van der Waals surface area contributed by atoms with Gasteiger partial charge in [-0.25, -0.2) is 15.0 Å². The molecule has 7 rings (SSSR count). The molecule has 10 nitrogen and oxygen atoms in total. The maximum Gasteiger partial charge on any atom is 0.260 e. The number of rotatable bonds is 6. The summed E-state index contributed by atoms with van der Waals surface area (Å²) in [5.41, 5.74) is 1.84. The van der Waals surface area contributed by atoms with E-state index in [1.54, 1.807) is 12.5 Å². The summed E-state index contributed by atoms with van der Waals surface area (Å²) in [7, 11) is 0. The molecule has 0 spiro atoms. The van der Waals surface area contributed by atoms with Crippen LogP contribution in [0.3, 0.4) is 0 Å². The minimum atomic E-state index is -0.287. The predicted molar refractivity (Wildman–Crippen MR) is 156 cm³/mol. The molecular weight excluding hydrogens is 504 g/mol. The lowest BCUT2D eigenvalue weighted by Crippen LogP contribution is -2.46. The van der Waals surface area contributed by atoms with Crippen LogP contribution in [0.15, 0.2) is 47.8 Å². The molecule has 40 heavy (non-hydrogen) atoms. The van der Waals surface area contributed by atoms with Gasteiger partial charge < -0.3 is 15.3 Å². The molecule has 3 aromatic heterocycles. The number of hydrogen-bond acceptors (Lipinski definition) is 9. The lowest BCUT2D eigenvalue weighted by Gasteiger charge is -2.35. The van der Waals surface area contributed by atoms with Crippen LogP contribution in [-0.2, 0) is 6.54 Å². The highest BCUT2D eigenvalue weighted by atomic mass is 16.3. The van der Waals surface area contributed by atoms with Gasteiger partial charge in [-0.15, -0.1) is 0 Å². The Morgan fingerprint density at radius 2 is 1.75 bits per heavy atom. The van der Waals surface area contributed by atoms with Crippen molar-refractivity contribution in [2.45, 2.75) is 69.7 Å². The van der Waals surface area contributed by atoms with Crippen molar-refractivity contribution < 1.29 is 5.11 Å². The van der Waals surface area contributed by atoms with Gasteiger partial charge in [0.1, 0.15) is 17.8 Å². The summed E-state index contributed by atoms with van der Waals surface area (Å²) in [4.78, 5) is 36.9. The van der Waals surface area contributed by atoms with Crippen LogP contribution in [0, 0.1) is 0 Å². The molecule has 0 radical (unpaired) electrons. The number of fused-ring (bicyclic) bond motifs is 3. The van der Waals surface area contributed by atoms with Crippen molar-refractivity contribution in [3.05, 3.63) is 58.9 Å². The van der Waals surface area contributed by atoms with Gasteiger partial charge in [-0.3, -0.25) is 14.3 Å². The Morgan fingerprint density at radius 3 is 2.48 bits per heavy atom. The largest absolute Gasteiger partial charge is 0.393 e. The molecule has 2 saturated carbocycles. The summed E-state index contributed by atoms with van der Waals surface area (Å²) >= 11 is 0. The van der Waals surface area contributed by atoms with Crippen molar-refractivity contribution >= 4 is 33.6 Å². The SMILES string of the molecule is O=c1c2cc(CN3CCN(c4ccncn4)CC3)ccc2c2cnc(NC3CCC3)nc2n1C1CCC(O)CC1. The molecule has 0 unspecified atom stereocenters. The van der Waals surface area contributed by atoms with Crippen LogP contribution in [-0.4, -0.2) is 72.8 Å². The lowest BCUT2D eigenvalue weighted by molar-refractivity contribution is 0.111. The number of aromatic nitrogens is 5. The van der Waals surface area contributed by atoms with E-state index in [0.29, 0.717) is 30.5 Å². The van der Waals surface area contributed by atoms with Gasteiger partial charge in [0.25, 0.3) is 5.56 Å². The van der Waals surface area contributed by atoms with Crippen molar-refractivity contribution in [2.75, 3.05) is 36.4 Å². The topological polar surface area (TPSA) is 112 Å². The molecule has 1 aromatic carbocycles. The number of anilines is 2. The Kier molecular flexibility index (Phi) is 6.81. The van der Waals surface area contributed by atoms with Gasteiger partial charge in [-0.2, -0.15) is 4.98 Å². The van der Waals surface area contributed by atoms with E-state index in [9.17, 15) is 9.90 Å². The molecule has 4 heterocycles. The maximum absolute atomic E-state index is 14.2. The van der Waals surface area contributed by atoms with E-state index in [1.165, 1.54) is 6.42 Å². The van der Waals surface area contributed by atoms with E-state index in [1.807, 2.05) is 16.8 Å². The number of nitrogens with one attached hydrogen (secondary N) is 1. The number of aliphatic hydroxyl groups excluding tert-OH is 1. The Hall–Kier alpha value is -3.63. The summed E-state index contributed by atoms with van der Waals surface area (Å²) in [6.45, 7) is 4.47. The molecule has 2 aliphatic carbocycles. The van der Waals surface area contributed by atoms with Crippen LogP contribution < -0.4 is 15.8 Å². The summed E-state index contributed by atoms with van der Waals surface area (Å²) < 4.78 is 1.90. The van der Waals surface area contributed by atoms with Crippen molar-refractivity contribution in [3.63, 3.8) is 0 Å². The minimum absolute atomic E-state index is 0.00705. The van der Waals surface area contributed by atoms with Gasteiger partial charge in [0.2, 0.25) is 5.95 Å². The lowest BCUT2D eigenvalue weighted by atomic mass is 9.92. The summed E-state index contributed by atoms with van der Waals surface area (Å²) in [5, 5.41) is 16.1. The highest BCUT2D eigenvalue weighted by Gasteiger charge is 2.26. The molecule has 2 N–H and O–H groups in total. The van der Waals surface area contributed by atoms with E-state index in [-0.39, 0.29) is 17.7 Å². The Morgan fingerprint density at radius 1 is 0.925 bits per heavy atom. The van der Waals surface area contributed by atoms with E-state index in [0.717, 1.165) is 85.9 Å². The van der Waals surface area contributed by atoms with Crippen LogP contribution in [0.25, 0.3) is 21.8 Å². The van der Waals surface area contributed by atoms with E-state index < -0.39 is 0 Å². The summed E-state index contributed by atoms with van der Waals surface area (Å²) in [5.74, 6) is 1.56. The fourth-order valence-corrected chi connectivity index (χ4v) is 6.40. The number of pyridine rings is 1. The monoisotopic (exact) mass is 540 g/mol. The zero-order valence-corrected chi connectivity index (χ0v) is 22.7. The van der Waals surface area contributed by atoms with Crippen LogP contribution in [0.5, 0.6) is 0 Å². The molecule has 3 fully saturated rings. The van der Waals surface area contributed by atoms with Gasteiger partial charge in [-0.1, -0.05) is 12.1 Å². The standard InChI is InChI=1S/C30H36N8O2/c39-23-7-5-22(6-8-23)38-28-26(17-32-30(35-28)34-21-2-1-3-21)24-9-4-20(16-25(24)29(38)40)18-36-12-14-37(15-13-36)27-10-11-31-19-33-27/h4,9-11,16-17,19,21-23,39H,1-3,5-8,12-15,18H2,(H,32,34,35). The van der Waals surface area contributed by atoms with Crippen molar-refractivity contribution in [1.29, 1.82) is 0 Å². The zero-order chi connectivity index (χ0) is 27.1. The Labute approximate surface area is 233 Å². The third kappa shape index (κ3) is 4.90. The maximum atomic E-state index is 14.2. The second kappa shape index (κ2) is 10.7. The van der Waals surface area contributed by atoms with Gasteiger partial charge >= 0.3 is 0 Å². The highest BCUT2D eigenvalue weighted by Crippen LogP contribution is 2.32. The third-order valence-corrected chi connectivity index (χ3v) is 8.96. The molecular formula is C30H36N8O2. The second-order valence-corrected chi connectivity index (χ2v) is 11.6. The first-order valence-electron chi connectivity index (χ1n) is 14.6. The average Bonchev–Trinajstić information content (AvgIpc) is 2.97. The molecule has 0 amide bonds. The number of hydrogen-bond donors (Lipinski definition) is 2. The van der Waals surface area contributed by atoms with Crippen LogP contribution in [0.4, 0.5) is 11.8 Å². The molecule has 0 atom stereocenters. The number of nitrogens with zero attached hydrogens (tertiary/aromatic N) is 7. The molecule has 4 aromatic rings. The summed E-state index contributed by atoms with van der Waals surface area (Å²) in [6.07, 6.45) is 11.4. The van der Waals surface area contributed by atoms with Gasteiger partial charge in [0.15, 0.2) is 0 Å². The number of piperazine rings is 1. The van der Waals surface area contributed by atoms with Crippen LogP contribution >= 0.6 is 0 Å². The van der Waals surface area contributed by atoms with E-state index in [4.69, 9.17) is 4.98 Å². The van der Waals surface area contributed by atoms with Gasteiger partial charge in [-0.05, 0) is 68.0 Å². The van der Waals surface area contributed by atoms with Gasteiger partial charge in [0.05, 0.1) is 6.10 Å². The first-order chi connectivity index (χ1) is 19.6. The Balaban J connectivity index is 1.20. The van der Waals surface area contributed by atoms with E-state index in [2.05, 4.69) is 48.3 Å². The van der Waals surface area contributed by atoms with Gasteiger partial charge in [0, 0.05) is 68.0 Å². The molecule has 10 heteroatoms. The first kappa shape index (κ1) is 25.3. The van der Waals surface area contributed by atoms with Crippen LogP contribution in [0.2, 0.25) is 0 Å². The van der Waals surface area contributed by atoms with E-state index >= 15 is 0 Å². The van der Waals surface area contributed by atoms with Crippen molar-refractivity contribution in [1.82, 2.24) is 29.4 Å². The Bertz CT molecular complexity index is 1560. The number of aliphatic hydroxyl groups is 1. The molecule has 208 valence electrons. The zero-order valence-electron chi connectivity index (χ0n) is 22.7. The average molecular weight is 541 g/mol. The minimum Gasteiger partial charge on any atom is -0.393 e. The van der Waals surface area contributed by atoms with Crippen LogP contribution in [0.1, 0.15) is 56.6 Å². The smallest absolute Gasteiger partial charge is 0.260 e. The normalized spacial score (nSPS) is 22.5. The number of benzene rings is 1. The predicted octanol–water partition coefficient (Wildman–Crippen LogP) is 3.50. The third-order valence-electron chi connectivity index (χ3n) is 8.96. The first-order valence-corrected chi connectivity index (χ1v) is 14.6. The quantitative estimate of drug-likeness (QED) is 0.355. The fourth-order valence-electron chi connectivity index (χ4n) is 6.40.